The maximum Gasteiger partial charge on any atom is 0.0594 e. The number of hydrogen-bond acceptors (Lipinski definition) is 1. The molecule has 0 aromatic heterocycles. The van der Waals surface area contributed by atoms with E-state index in [1.807, 2.05) is 0 Å². The maximum absolute atomic E-state index is 10.8. The van der Waals surface area contributed by atoms with Crippen LogP contribution in [-0.4, -0.2) is 11.2 Å². The fraction of sp³-hybridized carbons (Fsp3) is 0.933. The zero-order valence-corrected chi connectivity index (χ0v) is 21.7. The quantitative estimate of drug-likeness (QED) is 0.449. The molecule has 5 aliphatic carbocycles. The van der Waals surface area contributed by atoms with Crippen molar-refractivity contribution < 1.29 is 5.11 Å². The summed E-state index contributed by atoms with van der Waals surface area (Å²) in [6.07, 6.45) is 17.6. The van der Waals surface area contributed by atoms with Crippen molar-refractivity contribution in [1.29, 1.82) is 0 Å². The van der Waals surface area contributed by atoms with Crippen molar-refractivity contribution in [1.82, 2.24) is 0 Å². The SMILES string of the molecule is CC(C)=CCC[C@@H](C)C1CC[C@@]2(C)C3CCC4C(C)(C)C(O)CC[C@@]45C[C@@]35CC[C@]12C. The molecule has 0 aliphatic heterocycles. The highest BCUT2D eigenvalue weighted by atomic mass is 16.3. The van der Waals surface area contributed by atoms with E-state index in [9.17, 15) is 5.11 Å². The van der Waals surface area contributed by atoms with Gasteiger partial charge in [-0.1, -0.05) is 46.3 Å². The molecule has 0 aromatic carbocycles. The first-order chi connectivity index (χ1) is 14.4. The molecule has 0 aromatic rings. The van der Waals surface area contributed by atoms with Crippen LogP contribution in [0.5, 0.6) is 0 Å². The van der Waals surface area contributed by atoms with E-state index in [2.05, 4.69) is 54.5 Å². The Bertz CT molecular complexity index is 760. The van der Waals surface area contributed by atoms with Crippen molar-refractivity contribution in [2.75, 3.05) is 0 Å². The summed E-state index contributed by atoms with van der Waals surface area (Å²) in [6.45, 7) is 17.3. The number of fused-ring (bicyclic) bond motifs is 2. The topological polar surface area (TPSA) is 20.2 Å². The Balaban J connectivity index is 1.41. The molecule has 1 N–H and O–H groups in total. The summed E-state index contributed by atoms with van der Waals surface area (Å²) in [6, 6.07) is 0. The molecule has 9 atom stereocenters. The summed E-state index contributed by atoms with van der Waals surface area (Å²) < 4.78 is 0. The molecule has 0 amide bonds. The molecular formula is C30H50O. The first kappa shape index (κ1) is 22.5. The molecule has 176 valence electrons. The van der Waals surface area contributed by atoms with Crippen molar-refractivity contribution in [3.63, 3.8) is 0 Å². The lowest BCUT2D eigenvalue weighted by Gasteiger charge is -2.63. The normalized spacial score (nSPS) is 52.9. The van der Waals surface area contributed by atoms with E-state index in [1.54, 1.807) is 0 Å². The van der Waals surface area contributed by atoms with Crippen LogP contribution in [0.2, 0.25) is 0 Å². The summed E-state index contributed by atoms with van der Waals surface area (Å²) in [4.78, 5) is 0. The number of hydrogen-bond donors (Lipinski definition) is 1. The average molecular weight is 427 g/mol. The number of rotatable bonds is 4. The van der Waals surface area contributed by atoms with Gasteiger partial charge in [-0.25, -0.2) is 0 Å². The zero-order valence-electron chi connectivity index (χ0n) is 21.7. The fourth-order valence-corrected chi connectivity index (χ4v) is 11.1. The maximum atomic E-state index is 10.8. The lowest BCUT2D eigenvalue weighted by atomic mass is 9.41. The van der Waals surface area contributed by atoms with Gasteiger partial charge in [-0.05, 0) is 135 Å². The molecule has 4 unspecified atom stereocenters. The largest absolute Gasteiger partial charge is 0.393 e. The molecule has 5 aliphatic rings. The molecule has 31 heavy (non-hydrogen) atoms. The number of allylic oxidation sites excluding steroid dienone is 2. The van der Waals surface area contributed by atoms with E-state index in [4.69, 9.17) is 0 Å². The molecule has 0 heterocycles. The van der Waals surface area contributed by atoms with Gasteiger partial charge in [0, 0.05) is 0 Å². The van der Waals surface area contributed by atoms with Crippen LogP contribution >= 0.6 is 0 Å². The molecule has 0 saturated heterocycles. The van der Waals surface area contributed by atoms with E-state index in [0.717, 1.165) is 30.1 Å². The van der Waals surface area contributed by atoms with Gasteiger partial charge in [-0.15, -0.1) is 0 Å². The van der Waals surface area contributed by atoms with Gasteiger partial charge in [0.25, 0.3) is 0 Å². The third-order valence-corrected chi connectivity index (χ3v) is 13.0. The first-order valence-electron chi connectivity index (χ1n) is 13.8. The minimum Gasteiger partial charge on any atom is -0.393 e. The lowest BCUT2D eigenvalue weighted by molar-refractivity contribution is -0.161. The second kappa shape index (κ2) is 6.86. The van der Waals surface area contributed by atoms with Gasteiger partial charge in [0.2, 0.25) is 0 Å². The van der Waals surface area contributed by atoms with Gasteiger partial charge >= 0.3 is 0 Å². The first-order valence-corrected chi connectivity index (χ1v) is 13.8. The molecule has 2 spiro atoms. The molecule has 5 fully saturated rings. The predicted molar refractivity (Wildman–Crippen MR) is 131 cm³/mol. The highest BCUT2D eigenvalue weighted by Gasteiger charge is 2.82. The summed E-state index contributed by atoms with van der Waals surface area (Å²) in [5.41, 5.74) is 3.87. The van der Waals surface area contributed by atoms with Crippen LogP contribution in [0.1, 0.15) is 119 Å². The Morgan fingerprint density at radius 2 is 1.55 bits per heavy atom. The standard InChI is InChI=1S/C30H50O/c1-20(2)9-8-10-21(3)22-13-15-28(7)24-12-11-23-26(4,5)25(31)14-16-29(23)19-30(24,29)18-17-27(22,28)6/h9,21-25,31H,8,10-19H2,1-7H3/t21-,22?,23?,24?,25?,27-,28+,29-,30+/m1/s1. The van der Waals surface area contributed by atoms with E-state index in [-0.39, 0.29) is 11.5 Å². The van der Waals surface area contributed by atoms with Crippen LogP contribution in [0.4, 0.5) is 0 Å². The molecule has 1 nitrogen and oxygen atoms in total. The van der Waals surface area contributed by atoms with Crippen molar-refractivity contribution in [3.05, 3.63) is 11.6 Å². The molecule has 0 bridgehead atoms. The van der Waals surface area contributed by atoms with Gasteiger partial charge in [0.15, 0.2) is 0 Å². The third kappa shape index (κ3) is 2.71. The van der Waals surface area contributed by atoms with Crippen LogP contribution in [0.25, 0.3) is 0 Å². The molecule has 1 heteroatoms. The highest BCUT2D eigenvalue weighted by Crippen LogP contribution is 2.89. The van der Waals surface area contributed by atoms with E-state index in [1.165, 1.54) is 69.8 Å². The summed E-state index contributed by atoms with van der Waals surface area (Å²) in [5.74, 6) is 3.46. The highest BCUT2D eigenvalue weighted by molar-refractivity contribution is 5.30. The predicted octanol–water partition coefficient (Wildman–Crippen LogP) is 8.17. The third-order valence-electron chi connectivity index (χ3n) is 13.0. The van der Waals surface area contributed by atoms with Gasteiger partial charge in [0.1, 0.15) is 0 Å². The average Bonchev–Trinajstić information content (AvgIpc) is 3.27. The number of aliphatic hydroxyl groups is 1. The minimum atomic E-state index is -0.0840. The van der Waals surface area contributed by atoms with Gasteiger partial charge in [0.05, 0.1) is 6.10 Å². The Kier molecular flexibility index (Phi) is 4.98. The van der Waals surface area contributed by atoms with Crippen molar-refractivity contribution in [3.8, 4) is 0 Å². The van der Waals surface area contributed by atoms with E-state index >= 15 is 0 Å². The molecule has 5 rings (SSSR count). The van der Waals surface area contributed by atoms with E-state index in [0.29, 0.717) is 21.7 Å². The van der Waals surface area contributed by atoms with E-state index < -0.39 is 0 Å². The van der Waals surface area contributed by atoms with Gasteiger partial charge in [-0.2, -0.15) is 0 Å². The van der Waals surface area contributed by atoms with Crippen LogP contribution in [0.15, 0.2) is 11.6 Å². The second-order valence-electron chi connectivity index (χ2n) is 14.4. The van der Waals surface area contributed by atoms with Crippen LogP contribution < -0.4 is 0 Å². The van der Waals surface area contributed by atoms with Gasteiger partial charge in [-0.3, -0.25) is 0 Å². The zero-order chi connectivity index (χ0) is 22.4. The summed E-state index contributed by atoms with van der Waals surface area (Å²) in [5, 5.41) is 10.8. The van der Waals surface area contributed by atoms with Gasteiger partial charge < -0.3 is 5.11 Å². The fourth-order valence-electron chi connectivity index (χ4n) is 11.1. The van der Waals surface area contributed by atoms with Crippen LogP contribution in [0.3, 0.4) is 0 Å². The van der Waals surface area contributed by atoms with Crippen molar-refractivity contribution >= 4 is 0 Å². The summed E-state index contributed by atoms with van der Waals surface area (Å²) in [7, 11) is 0. The molecular weight excluding hydrogens is 376 g/mol. The smallest absolute Gasteiger partial charge is 0.0594 e. The summed E-state index contributed by atoms with van der Waals surface area (Å²) >= 11 is 0. The Hall–Kier alpha value is -0.300. The Morgan fingerprint density at radius 1 is 0.871 bits per heavy atom. The number of aliphatic hydroxyl groups excluding tert-OH is 1. The minimum absolute atomic E-state index is 0.0840. The monoisotopic (exact) mass is 426 g/mol. The van der Waals surface area contributed by atoms with Crippen molar-refractivity contribution in [2.45, 2.75) is 125 Å². The second-order valence-corrected chi connectivity index (χ2v) is 14.4. The van der Waals surface area contributed by atoms with Crippen LogP contribution in [-0.2, 0) is 0 Å². The molecule has 5 saturated carbocycles. The Labute approximate surface area is 192 Å². The van der Waals surface area contributed by atoms with Crippen molar-refractivity contribution in [2.24, 2.45) is 50.7 Å². The lowest BCUT2D eigenvalue weighted by Crippen LogP contribution is -2.57. The Morgan fingerprint density at radius 3 is 2.26 bits per heavy atom. The molecule has 0 radical (unpaired) electrons. The van der Waals surface area contributed by atoms with Crippen LogP contribution in [0, 0.1) is 50.7 Å².